The maximum atomic E-state index is 12.3. The molecule has 1 fully saturated rings. The van der Waals surface area contributed by atoms with Gasteiger partial charge >= 0.3 is 6.03 Å². The van der Waals surface area contributed by atoms with Gasteiger partial charge in [-0.25, -0.2) is 4.79 Å². The van der Waals surface area contributed by atoms with Crippen molar-refractivity contribution in [2.45, 2.75) is 64.1 Å². The third-order valence-corrected chi connectivity index (χ3v) is 4.66. The number of nitrogens with one attached hydrogen (secondary N) is 1. The summed E-state index contributed by atoms with van der Waals surface area (Å²) in [6, 6.07) is 8.80. The van der Waals surface area contributed by atoms with Crippen molar-refractivity contribution in [1.29, 1.82) is 0 Å². The van der Waals surface area contributed by atoms with E-state index in [2.05, 4.69) is 43.4 Å². The van der Waals surface area contributed by atoms with E-state index in [-0.39, 0.29) is 24.2 Å². The third kappa shape index (κ3) is 4.73. The van der Waals surface area contributed by atoms with Crippen LogP contribution in [-0.2, 0) is 6.42 Å². The van der Waals surface area contributed by atoms with Crippen LogP contribution in [0.3, 0.4) is 0 Å². The van der Waals surface area contributed by atoms with Crippen LogP contribution in [0.1, 0.15) is 43.7 Å². The van der Waals surface area contributed by atoms with Crippen LogP contribution < -0.4 is 5.32 Å². The summed E-state index contributed by atoms with van der Waals surface area (Å²) in [5, 5.41) is 12.6. The maximum absolute atomic E-state index is 12.3. The molecule has 0 aromatic heterocycles. The lowest BCUT2D eigenvalue weighted by Gasteiger charge is -2.31. The summed E-state index contributed by atoms with van der Waals surface area (Å²) in [7, 11) is 1.85. The van der Waals surface area contributed by atoms with Gasteiger partial charge in [-0.15, -0.1) is 0 Å². The second kappa shape index (κ2) is 7.63. The van der Waals surface area contributed by atoms with E-state index in [4.69, 9.17) is 0 Å². The molecule has 1 aliphatic carbocycles. The normalized spacial score (nSPS) is 22.9. The minimum atomic E-state index is -0.189. The number of carbonyl (C=O) groups excluding carboxylic acids is 1. The zero-order valence-corrected chi connectivity index (χ0v) is 13.9. The Morgan fingerprint density at radius 2 is 1.86 bits per heavy atom. The number of carbonyl (C=O) groups is 1. The Hall–Kier alpha value is -1.55. The van der Waals surface area contributed by atoms with Gasteiger partial charge in [-0.2, -0.15) is 0 Å². The molecule has 0 radical (unpaired) electrons. The van der Waals surface area contributed by atoms with Gasteiger partial charge in [0.05, 0.1) is 6.10 Å². The van der Waals surface area contributed by atoms with Crippen LogP contribution in [0.5, 0.6) is 0 Å². The Labute approximate surface area is 133 Å². The number of rotatable bonds is 4. The van der Waals surface area contributed by atoms with Gasteiger partial charge < -0.3 is 15.3 Å². The van der Waals surface area contributed by atoms with E-state index in [0.29, 0.717) is 0 Å². The summed E-state index contributed by atoms with van der Waals surface area (Å²) in [5.41, 5.74) is 2.50. The number of nitrogens with zero attached hydrogens (tertiary/aromatic N) is 1. The van der Waals surface area contributed by atoms with Crippen LogP contribution in [0.4, 0.5) is 4.79 Å². The monoisotopic (exact) mass is 304 g/mol. The number of aliphatic hydroxyl groups is 1. The van der Waals surface area contributed by atoms with Gasteiger partial charge in [-0.05, 0) is 51.5 Å². The molecule has 1 atom stereocenters. The van der Waals surface area contributed by atoms with E-state index in [1.54, 1.807) is 4.90 Å². The van der Waals surface area contributed by atoms with Crippen LogP contribution in [-0.4, -0.2) is 41.3 Å². The molecule has 4 nitrogen and oxygen atoms in total. The number of aryl methyl sites for hydroxylation is 1. The summed E-state index contributed by atoms with van der Waals surface area (Å²) in [5.74, 6) is 0. The van der Waals surface area contributed by atoms with Gasteiger partial charge in [-0.3, -0.25) is 0 Å². The first-order valence-electron chi connectivity index (χ1n) is 8.22. The fraction of sp³-hybridized carbons (Fsp3) is 0.611. The first kappa shape index (κ1) is 16.8. The number of likely N-dealkylation sites (N-methyl/N-ethyl adjacent to an activating group) is 1. The lowest BCUT2D eigenvalue weighted by molar-refractivity contribution is 0.115. The molecule has 122 valence electrons. The second-order valence-corrected chi connectivity index (χ2v) is 6.60. The average molecular weight is 304 g/mol. The summed E-state index contributed by atoms with van der Waals surface area (Å²) < 4.78 is 0. The van der Waals surface area contributed by atoms with E-state index in [1.165, 1.54) is 11.1 Å². The maximum Gasteiger partial charge on any atom is 0.317 e. The highest BCUT2D eigenvalue weighted by Gasteiger charge is 2.23. The zero-order chi connectivity index (χ0) is 16.1. The first-order chi connectivity index (χ1) is 10.5. The van der Waals surface area contributed by atoms with Crippen molar-refractivity contribution in [3.63, 3.8) is 0 Å². The third-order valence-electron chi connectivity index (χ3n) is 4.66. The molecule has 2 N–H and O–H groups in total. The predicted molar refractivity (Wildman–Crippen MR) is 88.9 cm³/mol. The molecule has 2 amide bonds. The Balaban J connectivity index is 1.82. The van der Waals surface area contributed by atoms with Crippen molar-refractivity contribution < 1.29 is 9.90 Å². The van der Waals surface area contributed by atoms with E-state index >= 15 is 0 Å². The topological polar surface area (TPSA) is 52.6 Å². The SMILES string of the molecule is Cc1ccc(CC(C)N(C)C(=O)NC2CCC(O)CC2)cc1. The molecule has 1 saturated carbocycles. The quantitative estimate of drug-likeness (QED) is 0.898. The minimum absolute atomic E-state index is 0.0130. The van der Waals surface area contributed by atoms with Gasteiger partial charge in [-0.1, -0.05) is 29.8 Å². The molecule has 4 heteroatoms. The summed E-state index contributed by atoms with van der Waals surface area (Å²) in [6.45, 7) is 4.15. The minimum Gasteiger partial charge on any atom is -0.393 e. The number of hydrogen-bond acceptors (Lipinski definition) is 2. The van der Waals surface area contributed by atoms with Gasteiger partial charge in [0.1, 0.15) is 0 Å². The summed E-state index contributed by atoms with van der Waals surface area (Å²) in [6.07, 6.45) is 3.97. The smallest absolute Gasteiger partial charge is 0.317 e. The van der Waals surface area contributed by atoms with Crippen molar-refractivity contribution in [3.05, 3.63) is 35.4 Å². The number of urea groups is 1. The Bertz CT molecular complexity index is 478. The molecule has 0 spiro atoms. The Kier molecular flexibility index (Phi) is 5.83. The molecule has 1 aromatic carbocycles. The molecule has 22 heavy (non-hydrogen) atoms. The van der Waals surface area contributed by atoms with E-state index in [1.807, 2.05) is 7.05 Å². The fourth-order valence-electron chi connectivity index (χ4n) is 2.90. The number of hydrogen-bond donors (Lipinski definition) is 2. The molecule has 0 saturated heterocycles. The number of aliphatic hydroxyl groups excluding tert-OH is 1. The molecule has 0 heterocycles. The van der Waals surface area contributed by atoms with Crippen molar-refractivity contribution in [1.82, 2.24) is 10.2 Å². The van der Waals surface area contributed by atoms with Crippen molar-refractivity contribution in [2.75, 3.05) is 7.05 Å². The van der Waals surface area contributed by atoms with Crippen LogP contribution in [0, 0.1) is 6.92 Å². The van der Waals surface area contributed by atoms with Crippen LogP contribution in [0.2, 0.25) is 0 Å². The zero-order valence-electron chi connectivity index (χ0n) is 13.9. The number of benzene rings is 1. The standard InChI is InChI=1S/C18H28N2O2/c1-13-4-6-15(7-5-13)12-14(2)20(3)18(22)19-16-8-10-17(21)11-9-16/h4-7,14,16-17,21H,8-12H2,1-3H3,(H,19,22). The van der Waals surface area contributed by atoms with Gasteiger partial charge in [0.15, 0.2) is 0 Å². The predicted octanol–water partition coefficient (Wildman–Crippen LogP) is 2.87. The molecule has 0 bridgehead atoms. The molecular formula is C18H28N2O2. The van der Waals surface area contributed by atoms with Gasteiger partial charge in [0, 0.05) is 19.1 Å². The lowest BCUT2D eigenvalue weighted by atomic mass is 9.93. The molecule has 1 unspecified atom stereocenters. The van der Waals surface area contributed by atoms with E-state index in [9.17, 15) is 9.90 Å². The fourth-order valence-corrected chi connectivity index (χ4v) is 2.90. The molecule has 0 aliphatic heterocycles. The first-order valence-corrected chi connectivity index (χ1v) is 8.22. The van der Waals surface area contributed by atoms with E-state index in [0.717, 1.165) is 32.1 Å². The van der Waals surface area contributed by atoms with Crippen LogP contribution in [0.25, 0.3) is 0 Å². The van der Waals surface area contributed by atoms with Crippen LogP contribution in [0.15, 0.2) is 24.3 Å². The average Bonchev–Trinajstić information content (AvgIpc) is 2.51. The van der Waals surface area contributed by atoms with Gasteiger partial charge in [0.25, 0.3) is 0 Å². The highest BCUT2D eigenvalue weighted by Crippen LogP contribution is 2.18. The molecular weight excluding hydrogens is 276 g/mol. The van der Waals surface area contributed by atoms with E-state index < -0.39 is 0 Å². The van der Waals surface area contributed by atoms with Crippen molar-refractivity contribution in [3.8, 4) is 0 Å². The molecule has 1 aliphatic rings. The molecule has 2 rings (SSSR count). The number of amides is 2. The van der Waals surface area contributed by atoms with Crippen molar-refractivity contribution in [2.24, 2.45) is 0 Å². The molecule has 1 aromatic rings. The largest absolute Gasteiger partial charge is 0.393 e. The van der Waals surface area contributed by atoms with Crippen molar-refractivity contribution >= 4 is 6.03 Å². The highest BCUT2D eigenvalue weighted by atomic mass is 16.3. The lowest BCUT2D eigenvalue weighted by Crippen LogP contribution is -2.48. The van der Waals surface area contributed by atoms with Gasteiger partial charge in [0.2, 0.25) is 0 Å². The summed E-state index contributed by atoms with van der Waals surface area (Å²) in [4.78, 5) is 14.1. The van der Waals surface area contributed by atoms with Crippen LogP contribution >= 0.6 is 0 Å². The Morgan fingerprint density at radius 1 is 1.27 bits per heavy atom. The summed E-state index contributed by atoms with van der Waals surface area (Å²) >= 11 is 0. The Morgan fingerprint density at radius 3 is 2.45 bits per heavy atom. The second-order valence-electron chi connectivity index (χ2n) is 6.60. The highest BCUT2D eigenvalue weighted by molar-refractivity contribution is 5.74.